The molecule has 6 heteroatoms. The monoisotopic (exact) mass is 367 g/mol. The Labute approximate surface area is 159 Å². The molecule has 1 heterocycles. The smallest absolute Gasteiger partial charge is 0.407 e. The van der Waals surface area contributed by atoms with Crippen LogP contribution in [0, 0.1) is 11.8 Å². The molecule has 0 aliphatic heterocycles. The molecule has 0 saturated heterocycles. The van der Waals surface area contributed by atoms with Gasteiger partial charge in [0.05, 0.1) is 0 Å². The second kappa shape index (κ2) is 9.71. The van der Waals surface area contributed by atoms with Gasteiger partial charge in [-0.15, -0.1) is 0 Å². The van der Waals surface area contributed by atoms with Crippen LogP contribution in [-0.2, 0) is 16.1 Å². The van der Waals surface area contributed by atoms with E-state index >= 15 is 0 Å². The zero-order chi connectivity index (χ0) is 18.9. The number of pyridine rings is 1. The van der Waals surface area contributed by atoms with Gasteiger partial charge in [-0.3, -0.25) is 9.78 Å². The Morgan fingerprint density at radius 1 is 1.00 bits per heavy atom. The maximum Gasteiger partial charge on any atom is 0.407 e. The summed E-state index contributed by atoms with van der Waals surface area (Å²) in [6.07, 6.45) is 6.45. The predicted molar refractivity (Wildman–Crippen MR) is 103 cm³/mol. The lowest BCUT2D eigenvalue weighted by molar-refractivity contribution is -0.121. The van der Waals surface area contributed by atoms with Crippen molar-refractivity contribution in [1.29, 1.82) is 0 Å². The van der Waals surface area contributed by atoms with Crippen molar-refractivity contribution in [2.75, 3.05) is 11.9 Å². The number of carbonyl (C=O) groups excluding carboxylic acids is 2. The number of anilines is 1. The summed E-state index contributed by atoms with van der Waals surface area (Å²) in [5.41, 5.74) is 1.74. The van der Waals surface area contributed by atoms with Crippen LogP contribution in [0.4, 0.5) is 10.5 Å². The number of nitrogens with zero attached hydrogens (tertiary/aromatic N) is 1. The van der Waals surface area contributed by atoms with E-state index in [0.29, 0.717) is 12.5 Å². The Morgan fingerprint density at radius 3 is 2.41 bits per heavy atom. The minimum atomic E-state index is -0.392. The van der Waals surface area contributed by atoms with Crippen LogP contribution in [0.2, 0.25) is 0 Å². The van der Waals surface area contributed by atoms with Gasteiger partial charge in [-0.25, -0.2) is 4.79 Å². The number of ether oxygens (including phenoxy) is 1. The van der Waals surface area contributed by atoms with E-state index in [2.05, 4.69) is 15.6 Å². The average molecular weight is 367 g/mol. The van der Waals surface area contributed by atoms with Gasteiger partial charge in [-0.1, -0.05) is 30.3 Å². The summed E-state index contributed by atoms with van der Waals surface area (Å²) >= 11 is 0. The van der Waals surface area contributed by atoms with Gasteiger partial charge in [0, 0.05) is 30.5 Å². The van der Waals surface area contributed by atoms with Crippen LogP contribution in [0.1, 0.15) is 31.2 Å². The minimum absolute atomic E-state index is 0.0273. The number of aromatic nitrogens is 1. The number of amides is 2. The van der Waals surface area contributed by atoms with Crippen LogP contribution in [0.25, 0.3) is 0 Å². The van der Waals surface area contributed by atoms with E-state index in [1.165, 1.54) is 0 Å². The Hall–Kier alpha value is -2.89. The molecule has 2 amide bonds. The van der Waals surface area contributed by atoms with Gasteiger partial charge < -0.3 is 15.4 Å². The van der Waals surface area contributed by atoms with Gasteiger partial charge >= 0.3 is 6.09 Å². The third kappa shape index (κ3) is 6.09. The molecule has 0 atom stereocenters. The molecule has 27 heavy (non-hydrogen) atoms. The Bertz CT molecular complexity index is 729. The first-order chi connectivity index (χ1) is 13.2. The van der Waals surface area contributed by atoms with E-state index in [-0.39, 0.29) is 18.4 Å². The fraction of sp³-hybridized carbons (Fsp3) is 0.381. The molecule has 1 aliphatic rings. The maximum absolute atomic E-state index is 12.3. The highest BCUT2D eigenvalue weighted by Gasteiger charge is 2.26. The molecule has 0 radical (unpaired) electrons. The fourth-order valence-electron chi connectivity index (χ4n) is 3.31. The number of benzene rings is 1. The van der Waals surface area contributed by atoms with Gasteiger partial charge in [0.15, 0.2) is 0 Å². The van der Waals surface area contributed by atoms with Crippen LogP contribution in [0.5, 0.6) is 0 Å². The lowest BCUT2D eigenvalue weighted by Gasteiger charge is -2.27. The van der Waals surface area contributed by atoms with E-state index in [1.807, 2.05) is 30.3 Å². The molecule has 0 spiro atoms. The molecule has 0 unspecified atom stereocenters. The average Bonchev–Trinajstić information content (AvgIpc) is 2.72. The summed E-state index contributed by atoms with van der Waals surface area (Å²) in [5, 5.41) is 5.78. The molecular weight excluding hydrogens is 342 g/mol. The van der Waals surface area contributed by atoms with Crippen molar-refractivity contribution in [2.45, 2.75) is 32.3 Å². The molecule has 3 rings (SSSR count). The normalized spacial score (nSPS) is 19.1. The van der Waals surface area contributed by atoms with Gasteiger partial charge in [0.25, 0.3) is 0 Å². The first kappa shape index (κ1) is 18.9. The molecule has 1 aliphatic carbocycles. The summed E-state index contributed by atoms with van der Waals surface area (Å²) in [4.78, 5) is 28.1. The summed E-state index contributed by atoms with van der Waals surface area (Å²) in [6, 6.07) is 13.2. The molecule has 2 aromatic rings. The van der Waals surface area contributed by atoms with E-state index < -0.39 is 6.09 Å². The van der Waals surface area contributed by atoms with Crippen molar-refractivity contribution in [1.82, 2.24) is 10.3 Å². The van der Waals surface area contributed by atoms with Crippen LogP contribution < -0.4 is 10.6 Å². The SMILES string of the molecule is O=C(NC[C@H]1CC[C@H](C(=O)Nc2ccncc2)CC1)OCc1ccccc1. The van der Waals surface area contributed by atoms with Crippen LogP contribution >= 0.6 is 0 Å². The van der Waals surface area contributed by atoms with Crippen molar-refractivity contribution < 1.29 is 14.3 Å². The minimum Gasteiger partial charge on any atom is -0.445 e. The van der Waals surface area contributed by atoms with Crippen molar-refractivity contribution in [2.24, 2.45) is 11.8 Å². The third-order valence-corrected chi connectivity index (χ3v) is 4.91. The topological polar surface area (TPSA) is 80.3 Å². The van der Waals surface area contributed by atoms with Gasteiger partial charge in [0.2, 0.25) is 5.91 Å². The number of hydrogen-bond acceptors (Lipinski definition) is 4. The van der Waals surface area contributed by atoms with Gasteiger partial charge in [0.1, 0.15) is 6.61 Å². The van der Waals surface area contributed by atoms with Crippen LogP contribution in [-0.4, -0.2) is 23.5 Å². The molecule has 1 aromatic carbocycles. The second-order valence-corrected chi connectivity index (χ2v) is 6.89. The molecule has 142 valence electrons. The summed E-state index contributed by atoms with van der Waals surface area (Å²) < 4.78 is 5.23. The molecule has 1 saturated carbocycles. The maximum atomic E-state index is 12.3. The molecular formula is C21H25N3O3. The lowest BCUT2D eigenvalue weighted by atomic mass is 9.81. The lowest BCUT2D eigenvalue weighted by Crippen LogP contribution is -2.33. The predicted octanol–water partition coefficient (Wildman–Crippen LogP) is 3.75. The first-order valence-electron chi connectivity index (χ1n) is 9.36. The Morgan fingerprint density at radius 2 is 1.70 bits per heavy atom. The molecule has 1 fully saturated rings. The third-order valence-electron chi connectivity index (χ3n) is 4.91. The van der Waals surface area contributed by atoms with Crippen LogP contribution in [0.15, 0.2) is 54.9 Å². The van der Waals surface area contributed by atoms with Crippen LogP contribution in [0.3, 0.4) is 0 Å². The van der Waals surface area contributed by atoms with E-state index in [4.69, 9.17) is 4.74 Å². The Kier molecular flexibility index (Phi) is 6.79. The largest absolute Gasteiger partial charge is 0.445 e. The number of carbonyl (C=O) groups is 2. The molecule has 6 nitrogen and oxygen atoms in total. The first-order valence-corrected chi connectivity index (χ1v) is 9.36. The summed E-state index contributed by atoms with van der Waals surface area (Å²) in [5.74, 6) is 0.480. The highest BCUT2D eigenvalue weighted by molar-refractivity contribution is 5.92. The second-order valence-electron chi connectivity index (χ2n) is 6.89. The fourth-order valence-corrected chi connectivity index (χ4v) is 3.31. The van der Waals surface area contributed by atoms with Crippen molar-refractivity contribution in [3.63, 3.8) is 0 Å². The summed E-state index contributed by atoms with van der Waals surface area (Å²) in [7, 11) is 0. The molecule has 0 bridgehead atoms. The van der Waals surface area contributed by atoms with E-state index in [9.17, 15) is 9.59 Å². The quantitative estimate of drug-likeness (QED) is 0.815. The number of alkyl carbamates (subject to hydrolysis) is 1. The van der Waals surface area contributed by atoms with Crippen molar-refractivity contribution >= 4 is 17.7 Å². The number of rotatable bonds is 6. The van der Waals surface area contributed by atoms with E-state index in [1.54, 1.807) is 24.5 Å². The molecule has 1 aromatic heterocycles. The van der Waals surface area contributed by atoms with Crippen molar-refractivity contribution in [3.8, 4) is 0 Å². The zero-order valence-electron chi connectivity index (χ0n) is 15.3. The number of nitrogens with one attached hydrogen (secondary N) is 2. The zero-order valence-corrected chi connectivity index (χ0v) is 15.3. The van der Waals surface area contributed by atoms with E-state index in [0.717, 1.165) is 36.9 Å². The summed E-state index contributed by atoms with van der Waals surface area (Å²) in [6.45, 7) is 0.862. The standard InChI is InChI=1S/C21H25N3O3/c25-20(24-19-10-12-22-13-11-19)18-8-6-16(7-9-18)14-23-21(26)27-15-17-4-2-1-3-5-17/h1-5,10-13,16,18H,6-9,14-15H2,(H,23,26)(H,22,24,25)/t16-,18-. The van der Waals surface area contributed by atoms with Gasteiger partial charge in [-0.2, -0.15) is 0 Å². The van der Waals surface area contributed by atoms with Crippen molar-refractivity contribution in [3.05, 3.63) is 60.4 Å². The number of hydrogen-bond donors (Lipinski definition) is 2. The molecule has 2 N–H and O–H groups in total. The highest BCUT2D eigenvalue weighted by Crippen LogP contribution is 2.29. The van der Waals surface area contributed by atoms with Gasteiger partial charge in [-0.05, 0) is 49.3 Å². The highest BCUT2D eigenvalue weighted by atomic mass is 16.5. The Balaban J connectivity index is 1.33.